The monoisotopic (exact) mass is 406 g/mol. The van der Waals surface area contributed by atoms with E-state index in [2.05, 4.69) is 4.72 Å². The van der Waals surface area contributed by atoms with Gasteiger partial charge in [-0.1, -0.05) is 17.7 Å². The van der Waals surface area contributed by atoms with Crippen molar-refractivity contribution in [2.24, 2.45) is 0 Å². The van der Waals surface area contributed by atoms with Crippen molar-refractivity contribution in [1.29, 1.82) is 0 Å². The summed E-state index contributed by atoms with van der Waals surface area (Å²) < 4.78 is 28.3. The van der Waals surface area contributed by atoms with Gasteiger partial charge >= 0.3 is 0 Å². The Balaban J connectivity index is 1.90. The Kier molecular flexibility index (Phi) is 5.77. The molecular formula is C20H23ClN2O3S. The van der Waals surface area contributed by atoms with Gasteiger partial charge in [0, 0.05) is 24.3 Å². The second kappa shape index (κ2) is 7.90. The van der Waals surface area contributed by atoms with E-state index in [9.17, 15) is 13.2 Å². The minimum absolute atomic E-state index is 0.0847. The van der Waals surface area contributed by atoms with Gasteiger partial charge in [-0.15, -0.1) is 0 Å². The Bertz CT molecular complexity index is 967. The summed E-state index contributed by atoms with van der Waals surface area (Å²) in [6, 6.07) is 9.73. The number of rotatable bonds is 4. The van der Waals surface area contributed by atoms with Crippen LogP contribution in [0.3, 0.4) is 0 Å². The van der Waals surface area contributed by atoms with Crippen LogP contribution in [0.2, 0.25) is 5.02 Å². The van der Waals surface area contributed by atoms with Crippen LogP contribution in [0.5, 0.6) is 0 Å². The average molecular weight is 407 g/mol. The molecule has 0 aliphatic carbocycles. The molecule has 3 rings (SSSR count). The SMILES string of the molecule is Cc1ccc(NS(=O)(=O)c2cc(C(=O)N3CCCCC3)ccc2Cl)cc1C. The molecule has 1 saturated heterocycles. The summed E-state index contributed by atoms with van der Waals surface area (Å²) in [6.07, 6.45) is 3.06. The van der Waals surface area contributed by atoms with Gasteiger partial charge in [0.25, 0.3) is 15.9 Å². The Morgan fingerprint density at radius 1 is 1.00 bits per heavy atom. The normalized spacial score (nSPS) is 14.9. The zero-order valence-electron chi connectivity index (χ0n) is 15.5. The maximum absolute atomic E-state index is 12.8. The summed E-state index contributed by atoms with van der Waals surface area (Å²) in [7, 11) is -3.91. The smallest absolute Gasteiger partial charge is 0.263 e. The lowest BCUT2D eigenvalue weighted by Gasteiger charge is -2.27. The van der Waals surface area contributed by atoms with E-state index in [4.69, 9.17) is 11.6 Å². The highest BCUT2D eigenvalue weighted by atomic mass is 35.5. The number of carbonyl (C=O) groups excluding carboxylic acids is 1. The highest BCUT2D eigenvalue weighted by molar-refractivity contribution is 7.92. The Labute approximate surface area is 165 Å². The van der Waals surface area contributed by atoms with Crippen molar-refractivity contribution in [3.05, 3.63) is 58.1 Å². The molecular weight excluding hydrogens is 384 g/mol. The first-order chi connectivity index (χ1) is 12.8. The number of piperidine rings is 1. The summed E-state index contributed by atoms with van der Waals surface area (Å²) >= 11 is 6.15. The average Bonchev–Trinajstić information content (AvgIpc) is 2.65. The minimum atomic E-state index is -3.91. The van der Waals surface area contributed by atoms with Crippen molar-refractivity contribution < 1.29 is 13.2 Å². The molecule has 1 N–H and O–H groups in total. The highest BCUT2D eigenvalue weighted by Gasteiger charge is 2.23. The van der Waals surface area contributed by atoms with E-state index in [1.54, 1.807) is 23.1 Å². The molecule has 0 saturated carbocycles. The van der Waals surface area contributed by atoms with E-state index in [0.29, 0.717) is 24.3 Å². The third-order valence-corrected chi connectivity index (χ3v) is 6.73. The van der Waals surface area contributed by atoms with Crippen LogP contribution in [0.25, 0.3) is 0 Å². The summed E-state index contributed by atoms with van der Waals surface area (Å²) in [5.41, 5.74) is 2.85. The topological polar surface area (TPSA) is 66.5 Å². The fourth-order valence-electron chi connectivity index (χ4n) is 3.14. The molecule has 1 aliphatic heterocycles. The number of anilines is 1. The molecule has 1 heterocycles. The third-order valence-electron chi connectivity index (χ3n) is 4.87. The van der Waals surface area contributed by atoms with Crippen LogP contribution in [0.15, 0.2) is 41.3 Å². The van der Waals surface area contributed by atoms with E-state index in [1.807, 2.05) is 19.9 Å². The first kappa shape index (κ1) is 19.7. The van der Waals surface area contributed by atoms with Crippen molar-refractivity contribution >= 4 is 33.2 Å². The number of amides is 1. The maximum Gasteiger partial charge on any atom is 0.263 e. The molecule has 2 aromatic carbocycles. The maximum atomic E-state index is 12.8. The number of hydrogen-bond acceptors (Lipinski definition) is 3. The molecule has 0 unspecified atom stereocenters. The number of aryl methyl sites for hydroxylation is 2. The van der Waals surface area contributed by atoms with E-state index in [0.717, 1.165) is 30.4 Å². The van der Waals surface area contributed by atoms with Gasteiger partial charge in [-0.2, -0.15) is 0 Å². The van der Waals surface area contributed by atoms with Crippen molar-refractivity contribution in [2.75, 3.05) is 17.8 Å². The van der Waals surface area contributed by atoms with Gasteiger partial charge in [0.2, 0.25) is 0 Å². The molecule has 0 aromatic heterocycles. The van der Waals surface area contributed by atoms with Crippen LogP contribution < -0.4 is 4.72 Å². The summed E-state index contributed by atoms with van der Waals surface area (Å²) in [6.45, 7) is 5.27. The van der Waals surface area contributed by atoms with Gasteiger partial charge in [0.15, 0.2) is 0 Å². The zero-order chi connectivity index (χ0) is 19.6. The van der Waals surface area contributed by atoms with Crippen LogP contribution in [-0.2, 0) is 10.0 Å². The second-order valence-electron chi connectivity index (χ2n) is 6.90. The lowest BCUT2D eigenvalue weighted by Crippen LogP contribution is -2.35. The van der Waals surface area contributed by atoms with Crippen molar-refractivity contribution in [3.63, 3.8) is 0 Å². The molecule has 0 atom stereocenters. The number of hydrogen-bond donors (Lipinski definition) is 1. The number of benzene rings is 2. The highest BCUT2D eigenvalue weighted by Crippen LogP contribution is 2.27. The second-order valence-corrected chi connectivity index (χ2v) is 8.96. The number of sulfonamides is 1. The Morgan fingerprint density at radius 2 is 1.70 bits per heavy atom. The van der Waals surface area contributed by atoms with Crippen LogP contribution in [0.4, 0.5) is 5.69 Å². The summed E-state index contributed by atoms with van der Waals surface area (Å²) in [4.78, 5) is 14.4. The van der Waals surface area contributed by atoms with Gasteiger partial charge in [-0.3, -0.25) is 9.52 Å². The van der Waals surface area contributed by atoms with Crippen LogP contribution in [0, 0.1) is 13.8 Å². The standard InChI is InChI=1S/C20H23ClN2O3S/c1-14-6-8-17(12-15(14)2)22-27(25,26)19-13-16(7-9-18(19)21)20(24)23-10-4-3-5-11-23/h6-9,12-13,22H,3-5,10-11H2,1-2H3. The summed E-state index contributed by atoms with van der Waals surface area (Å²) in [5.74, 6) is -0.158. The molecule has 5 nitrogen and oxygen atoms in total. The lowest BCUT2D eigenvalue weighted by atomic mass is 10.1. The molecule has 1 amide bonds. The molecule has 0 spiro atoms. The molecule has 1 aliphatic rings. The largest absolute Gasteiger partial charge is 0.339 e. The summed E-state index contributed by atoms with van der Waals surface area (Å²) in [5, 5.41) is 0.0847. The third kappa shape index (κ3) is 4.45. The number of likely N-dealkylation sites (tertiary alicyclic amines) is 1. The molecule has 1 fully saturated rings. The van der Waals surface area contributed by atoms with Crippen LogP contribution in [-0.4, -0.2) is 32.3 Å². The molecule has 144 valence electrons. The fraction of sp³-hybridized carbons (Fsp3) is 0.350. The molecule has 2 aromatic rings. The number of carbonyl (C=O) groups is 1. The first-order valence-corrected chi connectivity index (χ1v) is 10.8. The predicted octanol–water partition coefficient (Wildman–Crippen LogP) is 4.38. The number of halogens is 1. The first-order valence-electron chi connectivity index (χ1n) is 8.97. The predicted molar refractivity (Wildman–Crippen MR) is 108 cm³/mol. The molecule has 27 heavy (non-hydrogen) atoms. The van der Waals surface area contributed by atoms with E-state index < -0.39 is 10.0 Å². The fourth-order valence-corrected chi connectivity index (χ4v) is 4.71. The van der Waals surface area contributed by atoms with Gasteiger partial charge in [-0.25, -0.2) is 8.42 Å². The van der Waals surface area contributed by atoms with E-state index in [-0.39, 0.29) is 15.8 Å². The van der Waals surface area contributed by atoms with Crippen LogP contribution >= 0.6 is 11.6 Å². The van der Waals surface area contributed by atoms with Crippen molar-refractivity contribution in [2.45, 2.75) is 38.0 Å². The quantitative estimate of drug-likeness (QED) is 0.819. The molecule has 0 radical (unpaired) electrons. The van der Waals surface area contributed by atoms with Gasteiger partial charge < -0.3 is 4.90 Å². The zero-order valence-corrected chi connectivity index (χ0v) is 17.0. The Hall–Kier alpha value is -2.05. The lowest BCUT2D eigenvalue weighted by molar-refractivity contribution is 0.0724. The molecule has 0 bridgehead atoms. The number of nitrogens with zero attached hydrogens (tertiary/aromatic N) is 1. The minimum Gasteiger partial charge on any atom is -0.339 e. The molecule has 7 heteroatoms. The number of nitrogens with one attached hydrogen (secondary N) is 1. The van der Waals surface area contributed by atoms with Gasteiger partial charge in [0.05, 0.1) is 5.02 Å². The Morgan fingerprint density at radius 3 is 2.37 bits per heavy atom. The van der Waals surface area contributed by atoms with E-state index in [1.165, 1.54) is 12.1 Å². The van der Waals surface area contributed by atoms with Gasteiger partial charge in [0.1, 0.15) is 4.90 Å². The van der Waals surface area contributed by atoms with E-state index >= 15 is 0 Å². The van der Waals surface area contributed by atoms with Crippen LogP contribution in [0.1, 0.15) is 40.7 Å². The van der Waals surface area contributed by atoms with Crippen molar-refractivity contribution in [3.8, 4) is 0 Å². The van der Waals surface area contributed by atoms with Crippen molar-refractivity contribution in [1.82, 2.24) is 4.90 Å². The van der Waals surface area contributed by atoms with Gasteiger partial charge in [-0.05, 0) is 74.6 Å².